The van der Waals surface area contributed by atoms with Crippen LogP contribution in [-0.4, -0.2) is 16.5 Å². The van der Waals surface area contributed by atoms with Crippen LogP contribution in [0.25, 0.3) is 0 Å². The Labute approximate surface area is 123 Å². The molecule has 1 aromatic heterocycles. The molecule has 0 bridgehead atoms. The quantitative estimate of drug-likeness (QED) is 0.781. The van der Waals surface area contributed by atoms with Gasteiger partial charge in [0.2, 0.25) is 0 Å². The number of hydrogen-bond acceptors (Lipinski definition) is 3. The molecule has 2 rings (SSSR count). The lowest BCUT2D eigenvalue weighted by molar-refractivity contribution is 0.791. The molecule has 1 heterocycles. The van der Waals surface area contributed by atoms with Crippen molar-refractivity contribution in [3.8, 4) is 0 Å². The molecule has 0 saturated heterocycles. The van der Waals surface area contributed by atoms with Gasteiger partial charge in [0.05, 0.1) is 9.26 Å². The Hall–Kier alpha value is -0.390. The molecule has 100 valence electrons. The van der Waals surface area contributed by atoms with Crippen LogP contribution in [0.15, 0.2) is 0 Å². The molecule has 1 aromatic rings. The first-order valence-corrected chi connectivity index (χ1v) is 8.05. The molecule has 1 N–H and O–H groups in total. The molecule has 1 aliphatic carbocycles. The SMILES string of the molecule is CCCNc1nc(C2CC2C)nc(CCC)c1I. The summed E-state index contributed by atoms with van der Waals surface area (Å²) in [5.74, 6) is 3.47. The minimum absolute atomic E-state index is 0.597. The lowest BCUT2D eigenvalue weighted by Gasteiger charge is -2.12. The molecule has 0 spiro atoms. The molecule has 1 aliphatic rings. The van der Waals surface area contributed by atoms with Crippen molar-refractivity contribution in [1.29, 1.82) is 0 Å². The maximum Gasteiger partial charge on any atom is 0.143 e. The van der Waals surface area contributed by atoms with Crippen LogP contribution >= 0.6 is 22.6 Å². The van der Waals surface area contributed by atoms with Crippen molar-refractivity contribution in [2.75, 3.05) is 11.9 Å². The maximum absolute atomic E-state index is 4.78. The smallest absolute Gasteiger partial charge is 0.143 e. The number of halogens is 1. The lowest BCUT2D eigenvalue weighted by atomic mass is 10.2. The van der Waals surface area contributed by atoms with Crippen molar-refractivity contribution >= 4 is 28.4 Å². The van der Waals surface area contributed by atoms with E-state index in [0.717, 1.165) is 43.4 Å². The molecule has 0 aliphatic heterocycles. The molecule has 4 heteroatoms. The molecule has 3 nitrogen and oxygen atoms in total. The number of anilines is 1. The van der Waals surface area contributed by atoms with E-state index < -0.39 is 0 Å². The van der Waals surface area contributed by atoms with E-state index in [9.17, 15) is 0 Å². The highest BCUT2D eigenvalue weighted by atomic mass is 127. The van der Waals surface area contributed by atoms with E-state index in [1.165, 1.54) is 15.7 Å². The van der Waals surface area contributed by atoms with Gasteiger partial charge < -0.3 is 5.32 Å². The molecular weight excluding hydrogens is 337 g/mol. The Morgan fingerprint density at radius 1 is 1.28 bits per heavy atom. The summed E-state index contributed by atoms with van der Waals surface area (Å²) in [5, 5.41) is 3.44. The van der Waals surface area contributed by atoms with Crippen molar-refractivity contribution in [2.24, 2.45) is 5.92 Å². The van der Waals surface area contributed by atoms with E-state index in [0.29, 0.717) is 5.92 Å². The van der Waals surface area contributed by atoms with Gasteiger partial charge in [-0.1, -0.05) is 27.2 Å². The van der Waals surface area contributed by atoms with Crippen LogP contribution in [-0.2, 0) is 6.42 Å². The highest BCUT2D eigenvalue weighted by Crippen LogP contribution is 2.46. The summed E-state index contributed by atoms with van der Waals surface area (Å²) in [7, 11) is 0. The Balaban J connectivity index is 2.28. The Bertz CT molecular complexity index is 420. The third-order valence-corrected chi connectivity index (χ3v) is 4.54. The first kappa shape index (κ1) is 14.0. The molecule has 0 aromatic carbocycles. The molecule has 18 heavy (non-hydrogen) atoms. The van der Waals surface area contributed by atoms with Crippen LogP contribution in [0.1, 0.15) is 57.5 Å². The summed E-state index contributed by atoms with van der Waals surface area (Å²) in [5.41, 5.74) is 1.22. The highest BCUT2D eigenvalue weighted by Gasteiger charge is 2.37. The first-order valence-electron chi connectivity index (χ1n) is 6.97. The second kappa shape index (κ2) is 6.17. The fourth-order valence-electron chi connectivity index (χ4n) is 2.12. The third-order valence-electron chi connectivity index (χ3n) is 3.41. The zero-order chi connectivity index (χ0) is 13.1. The fraction of sp³-hybridized carbons (Fsp3) is 0.714. The van der Waals surface area contributed by atoms with Gasteiger partial charge in [0, 0.05) is 12.5 Å². The van der Waals surface area contributed by atoms with Crippen molar-refractivity contribution in [3.05, 3.63) is 15.1 Å². The van der Waals surface area contributed by atoms with E-state index in [1.807, 2.05) is 0 Å². The van der Waals surface area contributed by atoms with Crippen molar-refractivity contribution in [3.63, 3.8) is 0 Å². The van der Waals surface area contributed by atoms with Crippen LogP contribution in [0, 0.1) is 9.49 Å². The average Bonchev–Trinajstić information content (AvgIpc) is 3.08. The number of nitrogens with zero attached hydrogens (tertiary/aromatic N) is 2. The largest absolute Gasteiger partial charge is 0.369 e. The summed E-state index contributed by atoms with van der Waals surface area (Å²) >= 11 is 2.38. The predicted octanol–water partition coefficient (Wildman–Crippen LogP) is 3.98. The van der Waals surface area contributed by atoms with Gasteiger partial charge in [0.25, 0.3) is 0 Å². The highest BCUT2D eigenvalue weighted by molar-refractivity contribution is 14.1. The van der Waals surface area contributed by atoms with E-state index >= 15 is 0 Å². The second-order valence-corrected chi connectivity index (χ2v) is 6.27. The van der Waals surface area contributed by atoms with Gasteiger partial charge in [-0.25, -0.2) is 9.97 Å². The number of aryl methyl sites for hydroxylation is 1. The predicted molar refractivity (Wildman–Crippen MR) is 84.0 cm³/mol. The molecule has 2 unspecified atom stereocenters. The zero-order valence-corrected chi connectivity index (χ0v) is 13.6. The van der Waals surface area contributed by atoms with E-state index in [1.54, 1.807) is 0 Å². The van der Waals surface area contributed by atoms with Gasteiger partial charge in [0.15, 0.2) is 0 Å². The van der Waals surface area contributed by atoms with Gasteiger partial charge in [-0.05, 0) is 47.8 Å². The Morgan fingerprint density at radius 3 is 2.56 bits per heavy atom. The van der Waals surface area contributed by atoms with Gasteiger partial charge >= 0.3 is 0 Å². The van der Waals surface area contributed by atoms with E-state index in [4.69, 9.17) is 9.97 Å². The fourth-order valence-corrected chi connectivity index (χ4v) is 2.82. The van der Waals surface area contributed by atoms with Crippen LogP contribution in [0.3, 0.4) is 0 Å². The number of hydrogen-bond donors (Lipinski definition) is 1. The first-order chi connectivity index (χ1) is 8.67. The number of aromatic nitrogens is 2. The average molecular weight is 359 g/mol. The molecule has 1 fully saturated rings. The molecule has 1 saturated carbocycles. The summed E-state index contributed by atoms with van der Waals surface area (Å²) in [6.45, 7) is 7.65. The third kappa shape index (κ3) is 3.13. The number of nitrogens with one attached hydrogen (secondary N) is 1. The van der Waals surface area contributed by atoms with E-state index in [2.05, 4.69) is 48.7 Å². The van der Waals surface area contributed by atoms with Crippen LogP contribution < -0.4 is 5.32 Å². The Morgan fingerprint density at radius 2 is 2.00 bits per heavy atom. The molecular formula is C14H22IN3. The summed E-state index contributed by atoms with van der Waals surface area (Å²) < 4.78 is 1.21. The van der Waals surface area contributed by atoms with Crippen LogP contribution in [0.5, 0.6) is 0 Å². The topological polar surface area (TPSA) is 37.8 Å². The van der Waals surface area contributed by atoms with Gasteiger partial charge in [-0.2, -0.15) is 0 Å². The minimum atomic E-state index is 0.597. The molecule has 0 amide bonds. The summed E-state index contributed by atoms with van der Waals surface area (Å²) in [6, 6.07) is 0. The maximum atomic E-state index is 4.78. The summed E-state index contributed by atoms with van der Waals surface area (Å²) in [6.07, 6.45) is 4.56. The normalized spacial score (nSPS) is 22.0. The van der Waals surface area contributed by atoms with Gasteiger partial charge in [0.1, 0.15) is 11.6 Å². The minimum Gasteiger partial charge on any atom is -0.369 e. The van der Waals surface area contributed by atoms with Crippen LogP contribution in [0.2, 0.25) is 0 Å². The molecule has 2 atom stereocenters. The van der Waals surface area contributed by atoms with Crippen molar-refractivity contribution in [2.45, 2.75) is 52.4 Å². The van der Waals surface area contributed by atoms with Gasteiger partial charge in [-0.3, -0.25) is 0 Å². The monoisotopic (exact) mass is 359 g/mol. The number of rotatable bonds is 6. The Kier molecular flexibility index (Phi) is 4.81. The van der Waals surface area contributed by atoms with Gasteiger partial charge in [-0.15, -0.1) is 0 Å². The lowest BCUT2D eigenvalue weighted by Crippen LogP contribution is -2.10. The summed E-state index contributed by atoms with van der Waals surface area (Å²) in [4.78, 5) is 9.52. The standard InChI is InChI=1S/C14H22IN3/c1-4-6-11-12(15)14(16-7-5-2)18-13(17-11)10-8-9(10)3/h9-10H,4-8H2,1-3H3,(H,16,17,18). The second-order valence-electron chi connectivity index (χ2n) is 5.19. The van der Waals surface area contributed by atoms with Crippen LogP contribution in [0.4, 0.5) is 5.82 Å². The van der Waals surface area contributed by atoms with Crippen molar-refractivity contribution in [1.82, 2.24) is 9.97 Å². The van der Waals surface area contributed by atoms with E-state index in [-0.39, 0.29) is 0 Å². The molecule has 0 radical (unpaired) electrons. The van der Waals surface area contributed by atoms with Crippen molar-refractivity contribution < 1.29 is 0 Å². The zero-order valence-electron chi connectivity index (χ0n) is 11.5.